The Hall–Kier alpha value is -0.620. The first-order chi connectivity index (χ1) is 7.51. The minimum atomic E-state index is -3.18. The second-order valence-electron chi connectivity index (χ2n) is 3.92. The van der Waals surface area contributed by atoms with Crippen LogP contribution in [-0.4, -0.2) is 55.5 Å². The SMILES string of the molecule is CCN(CC)C(=O)CN1CCCCS1(=O)=O. The van der Waals surface area contributed by atoms with E-state index in [1.807, 2.05) is 13.8 Å². The van der Waals surface area contributed by atoms with E-state index in [1.54, 1.807) is 4.90 Å². The maximum atomic E-state index is 11.8. The molecule has 0 aromatic heterocycles. The summed E-state index contributed by atoms with van der Waals surface area (Å²) < 4.78 is 24.7. The van der Waals surface area contributed by atoms with Gasteiger partial charge in [-0.3, -0.25) is 4.79 Å². The van der Waals surface area contributed by atoms with E-state index in [0.29, 0.717) is 26.1 Å². The molecule has 0 aromatic carbocycles. The molecule has 0 aromatic rings. The van der Waals surface area contributed by atoms with E-state index in [-0.39, 0.29) is 18.2 Å². The zero-order valence-corrected chi connectivity index (χ0v) is 10.8. The fourth-order valence-corrected chi connectivity index (χ4v) is 3.39. The van der Waals surface area contributed by atoms with Crippen LogP contribution in [0.1, 0.15) is 26.7 Å². The van der Waals surface area contributed by atoms with Crippen LogP contribution in [0.25, 0.3) is 0 Å². The van der Waals surface area contributed by atoms with Crippen LogP contribution in [0.2, 0.25) is 0 Å². The Labute approximate surface area is 97.5 Å². The van der Waals surface area contributed by atoms with Crippen LogP contribution >= 0.6 is 0 Å². The van der Waals surface area contributed by atoms with Crippen molar-refractivity contribution in [3.63, 3.8) is 0 Å². The zero-order chi connectivity index (χ0) is 12.2. The van der Waals surface area contributed by atoms with Crippen LogP contribution in [0.5, 0.6) is 0 Å². The monoisotopic (exact) mass is 248 g/mol. The van der Waals surface area contributed by atoms with Crippen LogP contribution < -0.4 is 0 Å². The highest BCUT2D eigenvalue weighted by atomic mass is 32.2. The van der Waals surface area contributed by atoms with Gasteiger partial charge in [0.15, 0.2) is 0 Å². The molecular formula is C10H20N2O3S. The average Bonchev–Trinajstić information content (AvgIpc) is 2.23. The summed E-state index contributed by atoms with van der Waals surface area (Å²) in [5.41, 5.74) is 0. The van der Waals surface area contributed by atoms with Crippen LogP contribution in [0.3, 0.4) is 0 Å². The Morgan fingerprint density at radius 3 is 2.38 bits per heavy atom. The summed E-state index contributed by atoms with van der Waals surface area (Å²) in [7, 11) is -3.18. The third-order valence-electron chi connectivity index (χ3n) is 2.88. The lowest BCUT2D eigenvalue weighted by atomic mass is 10.3. The number of nitrogens with zero attached hydrogens (tertiary/aromatic N) is 2. The van der Waals surface area contributed by atoms with Gasteiger partial charge in [-0.25, -0.2) is 8.42 Å². The second kappa shape index (κ2) is 5.63. The van der Waals surface area contributed by atoms with E-state index in [4.69, 9.17) is 0 Å². The number of rotatable bonds is 4. The van der Waals surface area contributed by atoms with Gasteiger partial charge in [0.05, 0.1) is 12.3 Å². The molecule has 94 valence electrons. The summed E-state index contributed by atoms with van der Waals surface area (Å²) >= 11 is 0. The lowest BCUT2D eigenvalue weighted by Gasteiger charge is -2.28. The average molecular weight is 248 g/mol. The Morgan fingerprint density at radius 1 is 1.25 bits per heavy atom. The van der Waals surface area contributed by atoms with Crippen LogP contribution in [0, 0.1) is 0 Å². The van der Waals surface area contributed by atoms with Gasteiger partial charge in [-0.1, -0.05) is 0 Å². The van der Waals surface area contributed by atoms with E-state index in [2.05, 4.69) is 0 Å². The van der Waals surface area contributed by atoms with Gasteiger partial charge in [-0.15, -0.1) is 0 Å². The lowest BCUT2D eigenvalue weighted by molar-refractivity contribution is -0.131. The molecule has 5 nitrogen and oxygen atoms in total. The van der Waals surface area contributed by atoms with Gasteiger partial charge in [0.1, 0.15) is 0 Å². The molecule has 0 aliphatic carbocycles. The van der Waals surface area contributed by atoms with E-state index < -0.39 is 10.0 Å². The maximum Gasteiger partial charge on any atom is 0.237 e. The topological polar surface area (TPSA) is 57.7 Å². The molecule has 0 bridgehead atoms. The third kappa shape index (κ3) is 3.18. The van der Waals surface area contributed by atoms with Crippen molar-refractivity contribution in [2.24, 2.45) is 0 Å². The van der Waals surface area contributed by atoms with Gasteiger partial charge in [0, 0.05) is 19.6 Å². The summed E-state index contributed by atoms with van der Waals surface area (Å²) in [6.45, 7) is 5.53. The molecule has 16 heavy (non-hydrogen) atoms. The number of carbonyl (C=O) groups excluding carboxylic acids is 1. The molecule has 1 aliphatic heterocycles. The van der Waals surface area contributed by atoms with Crippen molar-refractivity contribution in [2.75, 3.05) is 31.9 Å². The molecule has 1 aliphatic rings. The van der Waals surface area contributed by atoms with Crippen molar-refractivity contribution in [3.8, 4) is 0 Å². The number of carbonyl (C=O) groups is 1. The second-order valence-corrected chi connectivity index (χ2v) is 6.01. The highest BCUT2D eigenvalue weighted by Gasteiger charge is 2.28. The van der Waals surface area contributed by atoms with Gasteiger partial charge in [0.25, 0.3) is 0 Å². The van der Waals surface area contributed by atoms with Crippen molar-refractivity contribution in [3.05, 3.63) is 0 Å². The van der Waals surface area contributed by atoms with Gasteiger partial charge < -0.3 is 4.90 Å². The van der Waals surface area contributed by atoms with E-state index >= 15 is 0 Å². The molecule has 0 saturated carbocycles. The molecule has 0 N–H and O–H groups in total. The van der Waals surface area contributed by atoms with Gasteiger partial charge >= 0.3 is 0 Å². The van der Waals surface area contributed by atoms with Gasteiger partial charge in [-0.2, -0.15) is 4.31 Å². The predicted octanol–water partition coefficient (Wildman–Crippen LogP) is 0.280. The molecule has 1 fully saturated rings. The van der Waals surface area contributed by atoms with Crippen LogP contribution in [0.15, 0.2) is 0 Å². The summed E-state index contributed by atoms with van der Waals surface area (Å²) in [5.74, 6) is 0.0777. The fourth-order valence-electron chi connectivity index (χ4n) is 1.85. The highest BCUT2D eigenvalue weighted by Crippen LogP contribution is 2.13. The van der Waals surface area contributed by atoms with Crippen LogP contribution in [0.4, 0.5) is 0 Å². The van der Waals surface area contributed by atoms with E-state index in [9.17, 15) is 13.2 Å². The molecule has 1 heterocycles. The minimum absolute atomic E-state index is 0.00398. The normalized spacial score (nSPS) is 20.6. The van der Waals surface area contributed by atoms with Crippen molar-refractivity contribution < 1.29 is 13.2 Å². The molecule has 6 heteroatoms. The Bertz CT molecular complexity index is 336. The van der Waals surface area contributed by atoms with Crippen molar-refractivity contribution >= 4 is 15.9 Å². The summed E-state index contributed by atoms with van der Waals surface area (Å²) in [5, 5.41) is 0. The van der Waals surface area contributed by atoms with Gasteiger partial charge in [-0.05, 0) is 26.7 Å². The molecule has 1 saturated heterocycles. The molecule has 0 atom stereocenters. The highest BCUT2D eigenvalue weighted by molar-refractivity contribution is 7.89. The molecule has 1 rings (SSSR count). The number of amides is 1. The van der Waals surface area contributed by atoms with Crippen molar-refractivity contribution in [1.82, 2.24) is 9.21 Å². The first-order valence-corrected chi connectivity index (χ1v) is 7.37. The number of likely N-dealkylation sites (N-methyl/N-ethyl adjacent to an activating group) is 1. The van der Waals surface area contributed by atoms with E-state index in [0.717, 1.165) is 6.42 Å². The lowest BCUT2D eigenvalue weighted by Crippen LogP contribution is -2.45. The standard InChI is InChI=1S/C10H20N2O3S/c1-3-11(4-2)10(13)9-12-7-5-6-8-16(12,14)15/h3-9H2,1-2H3. The largest absolute Gasteiger partial charge is 0.342 e. The molecular weight excluding hydrogens is 228 g/mol. The Balaban J connectivity index is 2.62. The number of hydrogen-bond acceptors (Lipinski definition) is 3. The quantitative estimate of drug-likeness (QED) is 0.718. The molecule has 0 spiro atoms. The van der Waals surface area contributed by atoms with Gasteiger partial charge in [0.2, 0.25) is 15.9 Å². The maximum absolute atomic E-state index is 11.8. The fraction of sp³-hybridized carbons (Fsp3) is 0.900. The van der Waals surface area contributed by atoms with Crippen LogP contribution in [-0.2, 0) is 14.8 Å². The zero-order valence-electron chi connectivity index (χ0n) is 9.98. The number of sulfonamides is 1. The first kappa shape index (κ1) is 13.4. The summed E-state index contributed by atoms with van der Waals surface area (Å²) in [6, 6.07) is 0. The number of hydrogen-bond donors (Lipinski definition) is 0. The van der Waals surface area contributed by atoms with Crippen molar-refractivity contribution in [2.45, 2.75) is 26.7 Å². The van der Waals surface area contributed by atoms with E-state index in [1.165, 1.54) is 4.31 Å². The Kier molecular flexibility index (Phi) is 4.73. The predicted molar refractivity (Wildman–Crippen MR) is 62.5 cm³/mol. The Morgan fingerprint density at radius 2 is 1.88 bits per heavy atom. The third-order valence-corrected chi connectivity index (χ3v) is 4.78. The molecule has 0 radical (unpaired) electrons. The molecule has 1 amide bonds. The van der Waals surface area contributed by atoms with Crippen molar-refractivity contribution in [1.29, 1.82) is 0 Å². The summed E-state index contributed by atoms with van der Waals surface area (Å²) in [4.78, 5) is 13.4. The summed E-state index contributed by atoms with van der Waals surface area (Å²) in [6.07, 6.45) is 1.56. The molecule has 0 unspecified atom stereocenters. The minimum Gasteiger partial charge on any atom is -0.342 e. The smallest absolute Gasteiger partial charge is 0.237 e. The first-order valence-electron chi connectivity index (χ1n) is 5.76.